The lowest BCUT2D eigenvalue weighted by Crippen LogP contribution is -2.64. The van der Waals surface area contributed by atoms with Crippen LogP contribution in [0.5, 0.6) is 0 Å². The SMILES string of the molecule is CCCN1CCC(N2CC(C)(C)NCC2C)CC1. The molecule has 18 heavy (non-hydrogen) atoms. The van der Waals surface area contributed by atoms with E-state index >= 15 is 0 Å². The fourth-order valence-electron chi connectivity index (χ4n) is 3.49. The van der Waals surface area contributed by atoms with Crippen molar-refractivity contribution in [3.8, 4) is 0 Å². The predicted octanol–water partition coefficient (Wildman–Crippen LogP) is 1.93. The maximum Gasteiger partial charge on any atom is 0.0253 e. The summed E-state index contributed by atoms with van der Waals surface area (Å²) >= 11 is 0. The van der Waals surface area contributed by atoms with E-state index in [2.05, 4.69) is 42.8 Å². The minimum atomic E-state index is 0.285. The third-order valence-corrected chi connectivity index (χ3v) is 4.59. The van der Waals surface area contributed by atoms with Crippen molar-refractivity contribution in [3.63, 3.8) is 0 Å². The number of nitrogens with zero attached hydrogens (tertiary/aromatic N) is 2. The molecule has 0 bridgehead atoms. The number of nitrogens with one attached hydrogen (secondary N) is 1. The molecule has 2 rings (SSSR count). The first-order valence-electron chi connectivity index (χ1n) is 7.75. The van der Waals surface area contributed by atoms with Crippen molar-refractivity contribution in [3.05, 3.63) is 0 Å². The largest absolute Gasteiger partial charge is 0.309 e. The highest BCUT2D eigenvalue weighted by Gasteiger charge is 2.35. The van der Waals surface area contributed by atoms with E-state index in [0.29, 0.717) is 6.04 Å². The minimum absolute atomic E-state index is 0.285. The Bertz CT molecular complexity index is 256. The average molecular weight is 253 g/mol. The summed E-state index contributed by atoms with van der Waals surface area (Å²) in [6.45, 7) is 15.6. The van der Waals surface area contributed by atoms with Gasteiger partial charge in [-0.1, -0.05) is 6.92 Å². The molecule has 2 saturated heterocycles. The molecule has 106 valence electrons. The highest BCUT2D eigenvalue weighted by Crippen LogP contribution is 2.24. The second-order valence-corrected chi connectivity index (χ2v) is 6.86. The molecule has 2 fully saturated rings. The maximum atomic E-state index is 3.65. The molecule has 2 aliphatic rings. The number of rotatable bonds is 3. The van der Waals surface area contributed by atoms with Gasteiger partial charge in [-0.15, -0.1) is 0 Å². The van der Waals surface area contributed by atoms with Crippen LogP contribution in [0.3, 0.4) is 0 Å². The van der Waals surface area contributed by atoms with Crippen molar-refractivity contribution in [1.82, 2.24) is 15.1 Å². The van der Waals surface area contributed by atoms with Crippen LogP contribution in [0.25, 0.3) is 0 Å². The van der Waals surface area contributed by atoms with Gasteiger partial charge in [-0.2, -0.15) is 0 Å². The van der Waals surface area contributed by atoms with E-state index in [4.69, 9.17) is 0 Å². The first kappa shape index (κ1) is 14.3. The van der Waals surface area contributed by atoms with Crippen LogP contribution in [-0.2, 0) is 0 Å². The second kappa shape index (κ2) is 5.89. The Morgan fingerprint density at radius 1 is 1.22 bits per heavy atom. The summed E-state index contributed by atoms with van der Waals surface area (Å²) in [5.74, 6) is 0. The molecule has 1 atom stereocenters. The van der Waals surface area contributed by atoms with E-state index in [1.54, 1.807) is 0 Å². The van der Waals surface area contributed by atoms with Crippen LogP contribution in [-0.4, -0.2) is 60.1 Å². The van der Waals surface area contributed by atoms with Gasteiger partial charge < -0.3 is 10.2 Å². The fraction of sp³-hybridized carbons (Fsp3) is 1.00. The Kier molecular flexibility index (Phi) is 4.68. The van der Waals surface area contributed by atoms with Gasteiger partial charge >= 0.3 is 0 Å². The Labute approximate surface area is 113 Å². The van der Waals surface area contributed by atoms with Gasteiger partial charge in [-0.3, -0.25) is 4.90 Å². The average Bonchev–Trinajstić information content (AvgIpc) is 2.34. The van der Waals surface area contributed by atoms with E-state index in [1.165, 1.54) is 45.4 Å². The molecule has 0 aliphatic carbocycles. The predicted molar refractivity (Wildman–Crippen MR) is 78.0 cm³/mol. The molecule has 1 unspecified atom stereocenters. The first-order valence-corrected chi connectivity index (χ1v) is 7.75. The number of piperazine rings is 1. The van der Waals surface area contributed by atoms with Gasteiger partial charge in [0.15, 0.2) is 0 Å². The summed E-state index contributed by atoms with van der Waals surface area (Å²) in [5.41, 5.74) is 0.285. The van der Waals surface area contributed by atoms with Crippen molar-refractivity contribution < 1.29 is 0 Å². The Balaban J connectivity index is 1.88. The lowest BCUT2D eigenvalue weighted by molar-refractivity contribution is 0.0299. The Morgan fingerprint density at radius 3 is 2.50 bits per heavy atom. The summed E-state index contributed by atoms with van der Waals surface area (Å²) in [4.78, 5) is 5.40. The third-order valence-electron chi connectivity index (χ3n) is 4.59. The van der Waals surface area contributed by atoms with Gasteiger partial charge in [0.05, 0.1) is 0 Å². The summed E-state index contributed by atoms with van der Waals surface area (Å²) in [5, 5.41) is 3.65. The summed E-state index contributed by atoms with van der Waals surface area (Å²) in [6, 6.07) is 1.51. The van der Waals surface area contributed by atoms with Crippen LogP contribution in [0.4, 0.5) is 0 Å². The molecule has 0 spiro atoms. The van der Waals surface area contributed by atoms with Crippen molar-refractivity contribution in [2.75, 3.05) is 32.7 Å². The van der Waals surface area contributed by atoms with Crippen LogP contribution in [0.2, 0.25) is 0 Å². The molecule has 3 heteroatoms. The fourth-order valence-corrected chi connectivity index (χ4v) is 3.49. The molecule has 2 heterocycles. The molecule has 3 nitrogen and oxygen atoms in total. The molecule has 0 aromatic carbocycles. The zero-order valence-corrected chi connectivity index (χ0v) is 12.7. The van der Waals surface area contributed by atoms with Gasteiger partial charge in [0.1, 0.15) is 0 Å². The normalized spacial score (nSPS) is 31.7. The Hall–Kier alpha value is -0.120. The molecule has 0 saturated carbocycles. The monoisotopic (exact) mass is 253 g/mol. The van der Waals surface area contributed by atoms with Crippen molar-refractivity contribution in [2.45, 2.75) is 64.6 Å². The van der Waals surface area contributed by atoms with E-state index in [0.717, 1.165) is 12.6 Å². The topological polar surface area (TPSA) is 18.5 Å². The van der Waals surface area contributed by atoms with E-state index in [-0.39, 0.29) is 5.54 Å². The number of hydrogen-bond acceptors (Lipinski definition) is 3. The van der Waals surface area contributed by atoms with E-state index < -0.39 is 0 Å². The molecular formula is C15H31N3. The summed E-state index contributed by atoms with van der Waals surface area (Å²) < 4.78 is 0. The molecular weight excluding hydrogens is 222 g/mol. The standard InChI is InChI=1S/C15H31N3/c1-5-8-17-9-6-14(7-10-17)18-12-15(3,4)16-11-13(18)2/h13-14,16H,5-12H2,1-4H3. The van der Waals surface area contributed by atoms with Crippen LogP contribution < -0.4 is 5.32 Å². The number of hydrogen-bond donors (Lipinski definition) is 1. The zero-order chi connectivity index (χ0) is 13.2. The maximum absolute atomic E-state index is 3.65. The lowest BCUT2D eigenvalue weighted by Gasteiger charge is -2.49. The highest BCUT2D eigenvalue weighted by atomic mass is 15.3. The molecule has 0 aromatic heterocycles. The van der Waals surface area contributed by atoms with Gasteiger partial charge in [0.2, 0.25) is 0 Å². The van der Waals surface area contributed by atoms with Crippen LogP contribution >= 0.6 is 0 Å². The molecule has 0 aromatic rings. The lowest BCUT2D eigenvalue weighted by atomic mass is 9.94. The van der Waals surface area contributed by atoms with Crippen molar-refractivity contribution in [1.29, 1.82) is 0 Å². The van der Waals surface area contributed by atoms with Gasteiger partial charge in [-0.25, -0.2) is 0 Å². The summed E-state index contributed by atoms with van der Waals surface area (Å²) in [7, 11) is 0. The minimum Gasteiger partial charge on any atom is -0.309 e. The molecule has 2 aliphatic heterocycles. The Morgan fingerprint density at radius 2 is 1.89 bits per heavy atom. The van der Waals surface area contributed by atoms with E-state index in [9.17, 15) is 0 Å². The van der Waals surface area contributed by atoms with Gasteiger partial charge in [-0.05, 0) is 59.7 Å². The number of piperidine rings is 1. The highest BCUT2D eigenvalue weighted by molar-refractivity contribution is 4.94. The smallest absolute Gasteiger partial charge is 0.0253 e. The first-order chi connectivity index (χ1) is 8.52. The van der Waals surface area contributed by atoms with Gasteiger partial charge in [0, 0.05) is 30.7 Å². The summed E-state index contributed by atoms with van der Waals surface area (Å²) in [6.07, 6.45) is 4.02. The van der Waals surface area contributed by atoms with Crippen LogP contribution in [0.1, 0.15) is 47.0 Å². The van der Waals surface area contributed by atoms with Crippen LogP contribution in [0, 0.1) is 0 Å². The molecule has 0 amide bonds. The van der Waals surface area contributed by atoms with E-state index in [1.807, 2.05) is 0 Å². The van der Waals surface area contributed by atoms with Crippen molar-refractivity contribution in [2.24, 2.45) is 0 Å². The van der Waals surface area contributed by atoms with Gasteiger partial charge in [0.25, 0.3) is 0 Å². The van der Waals surface area contributed by atoms with Crippen molar-refractivity contribution >= 4 is 0 Å². The quantitative estimate of drug-likeness (QED) is 0.829. The second-order valence-electron chi connectivity index (χ2n) is 6.86. The molecule has 0 radical (unpaired) electrons. The zero-order valence-electron chi connectivity index (χ0n) is 12.7. The van der Waals surface area contributed by atoms with Crippen LogP contribution in [0.15, 0.2) is 0 Å². The third kappa shape index (κ3) is 3.46. The number of likely N-dealkylation sites (tertiary alicyclic amines) is 1. The molecule has 1 N–H and O–H groups in total.